The molecule has 5 nitrogen and oxygen atoms in total. The maximum Gasteiger partial charge on any atom is 0.237 e. The first-order valence-corrected chi connectivity index (χ1v) is 10.3. The third-order valence-electron chi connectivity index (χ3n) is 4.77. The van der Waals surface area contributed by atoms with Crippen LogP contribution in [-0.4, -0.2) is 33.2 Å². The van der Waals surface area contributed by atoms with Crippen LogP contribution >= 0.6 is 11.8 Å². The van der Waals surface area contributed by atoms with Gasteiger partial charge in [0, 0.05) is 23.1 Å². The molecule has 0 bridgehead atoms. The molecule has 1 N–H and O–H groups in total. The van der Waals surface area contributed by atoms with E-state index in [1.807, 2.05) is 43.0 Å². The smallest absolute Gasteiger partial charge is 0.237 e. The first-order chi connectivity index (χ1) is 13.6. The fourth-order valence-electron chi connectivity index (χ4n) is 3.40. The van der Waals surface area contributed by atoms with E-state index in [0.29, 0.717) is 12.3 Å². The number of benzene rings is 2. The highest BCUT2D eigenvalue weighted by Gasteiger charge is 2.17. The molecule has 0 atom stereocenters. The standard InChI is InChI=1S/C22H22N4OS/c1-4-26(16-7-5-6-14(2)10-16)19(27)12-28-22-21-20(23-13-24-22)17-11-15(3)8-9-18(17)25-21/h5-11,13,25H,4,12H2,1-3H3. The maximum absolute atomic E-state index is 12.9. The molecule has 0 saturated heterocycles. The molecule has 0 unspecified atom stereocenters. The van der Waals surface area contributed by atoms with E-state index in [0.717, 1.165) is 38.2 Å². The number of aromatic nitrogens is 3. The Morgan fingerprint density at radius 3 is 2.71 bits per heavy atom. The molecule has 2 aromatic heterocycles. The van der Waals surface area contributed by atoms with Crippen molar-refractivity contribution < 1.29 is 4.79 Å². The summed E-state index contributed by atoms with van der Waals surface area (Å²) in [6.45, 7) is 6.73. The van der Waals surface area contributed by atoms with Crippen LogP contribution in [0.25, 0.3) is 21.9 Å². The van der Waals surface area contributed by atoms with Gasteiger partial charge < -0.3 is 9.88 Å². The monoisotopic (exact) mass is 390 g/mol. The number of rotatable bonds is 5. The van der Waals surface area contributed by atoms with Crippen LogP contribution in [0.3, 0.4) is 0 Å². The van der Waals surface area contributed by atoms with Crippen molar-refractivity contribution in [3.05, 3.63) is 59.9 Å². The number of fused-ring (bicyclic) bond motifs is 3. The van der Waals surface area contributed by atoms with Crippen molar-refractivity contribution in [3.8, 4) is 0 Å². The number of H-pyrrole nitrogens is 1. The molecule has 6 heteroatoms. The summed E-state index contributed by atoms with van der Waals surface area (Å²) < 4.78 is 0. The number of hydrogen-bond acceptors (Lipinski definition) is 4. The predicted octanol–water partition coefficient (Wildman–Crippen LogP) is 4.87. The van der Waals surface area contributed by atoms with Crippen molar-refractivity contribution in [1.29, 1.82) is 0 Å². The molecular weight excluding hydrogens is 368 g/mol. The summed E-state index contributed by atoms with van der Waals surface area (Å²) in [5.74, 6) is 0.388. The molecule has 0 fully saturated rings. The number of carbonyl (C=O) groups is 1. The average molecular weight is 391 g/mol. The van der Waals surface area contributed by atoms with E-state index in [1.165, 1.54) is 17.3 Å². The van der Waals surface area contributed by atoms with Gasteiger partial charge in [0.25, 0.3) is 0 Å². The van der Waals surface area contributed by atoms with Crippen LogP contribution in [0.5, 0.6) is 0 Å². The lowest BCUT2D eigenvalue weighted by molar-refractivity contribution is -0.116. The second kappa shape index (κ2) is 7.64. The van der Waals surface area contributed by atoms with Crippen LogP contribution < -0.4 is 4.90 Å². The summed E-state index contributed by atoms with van der Waals surface area (Å²) in [5.41, 5.74) is 6.08. The highest BCUT2D eigenvalue weighted by atomic mass is 32.2. The molecule has 0 aliphatic carbocycles. The number of aromatic amines is 1. The van der Waals surface area contributed by atoms with E-state index in [-0.39, 0.29) is 5.91 Å². The summed E-state index contributed by atoms with van der Waals surface area (Å²) in [6.07, 6.45) is 1.57. The lowest BCUT2D eigenvalue weighted by Crippen LogP contribution is -2.32. The minimum Gasteiger partial charge on any atom is -0.351 e. The van der Waals surface area contributed by atoms with Crippen molar-refractivity contribution in [2.45, 2.75) is 25.8 Å². The molecule has 2 heterocycles. The Morgan fingerprint density at radius 1 is 1.11 bits per heavy atom. The number of nitrogens with one attached hydrogen (secondary N) is 1. The molecule has 0 aliphatic heterocycles. The molecule has 2 aromatic carbocycles. The van der Waals surface area contributed by atoms with Crippen LogP contribution in [0.2, 0.25) is 0 Å². The minimum absolute atomic E-state index is 0.0665. The van der Waals surface area contributed by atoms with E-state index in [2.05, 4.69) is 40.1 Å². The van der Waals surface area contributed by atoms with E-state index in [1.54, 1.807) is 6.33 Å². The van der Waals surface area contributed by atoms with Gasteiger partial charge in [-0.2, -0.15) is 0 Å². The van der Waals surface area contributed by atoms with Crippen molar-refractivity contribution in [1.82, 2.24) is 15.0 Å². The fourth-order valence-corrected chi connectivity index (χ4v) is 4.23. The van der Waals surface area contributed by atoms with Gasteiger partial charge in [-0.15, -0.1) is 0 Å². The first kappa shape index (κ1) is 18.5. The normalized spacial score (nSPS) is 11.2. The van der Waals surface area contributed by atoms with Crippen molar-refractivity contribution >= 4 is 45.3 Å². The molecule has 0 spiro atoms. The molecule has 4 rings (SSSR count). The van der Waals surface area contributed by atoms with Crippen molar-refractivity contribution in [3.63, 3.8) is 0 Å². The summed E-state index contributed by atoms with van der Waals surface area (Å²) in [7, 11) is 0. The second-order valence-electron chi connectivity index (χ2n) is 6.84. The summed E-state index contributed by atoms with van der Waals surface area (Å²) in [4.78, 5) is 27.0. The predicted molar refractivity (Wildman–Crippen MR) is 116 cm³/mol. The van der Waals surface area contributed by atoms with Gasteiger partial charge in [0.05, 0.1) is 11.3 Å². The number of nitrogens with zero attached hydrogens (tertiary/aromatic N) is 3. The van der Waals surface area contributed by atoms with Crippen LogP contribution in [0, 0.1) is 13.8 Å². The van der Waals surface area contributed by atoms with Crippen LogP contribution in [0.1, 0.15) is 18.1 Å². The van der Waals surface area contributed by atoms with Gasteiger partial charge in [0.15, 0.2) is 0 Å². The Balaban J connectivity index is 1.60. The van der Waals surface area contributed by atoms with Crippen LogP contribution in [0.4, 0.5) is 5.69 Å². The SMILES string of the molecule is CCN(C(=O)CSc1ncnc2c1[nH]c1ccc(C)cc12)c1cccc(C)c1. The quantitative estimate of drug-likeness (QED) is 0.390. The topological polar surface area (TPSA) is 61.9 Å². The third-order valence-corrected chi connectivity index (χ3v) is 5.74. The third kappa shape index (κ3) is 3.47. The van der Waals surface area contributed by atoms with Crippen molar-refractivity contribution in [2.24, 2.45) is 0 Å². The van der Waals surface area contributed by atoms with E-state index in [4.69, 9.17) is 0 Å². The number of carbonyl (C=O) groups excluding carboxylic acids is 1. The summed E-state index contributed by atoms with van der Waals surface area (Å²) in [5, 5.41) is 1.88. The Morgan fingerprint density at radius 2 is 1.93 bits per heavy atom. The highest BCUT2D eigenvalue weighted by Crippen LogP contribution is 2.30. The number of thioether (sulfide) groups is 1. The zero-order valence-electron chi connectivity index (χ0n) is 16.2. The summed E-state index contributed by atoms with van der Waals surface area (Å²) in [6, 6.07) is 14.3. The minimum atomic E-state index is 0.0665. The van der Waals surface area contributed by atoms with E-state index in [9.17, 15) is 4.79 Å². The second-order valence-corrected chi connectivity index (χ2v) is 7.81. The van der Waals surface area contributed by atoms with E-state index < -0.39 is 0 Å². The highest BCUT2D eigenvalue weighted by molar-refractivity contribution is 8.00. The van der Waals surface area contributed by atoms with Gasteiger partial charge in [0.1, 0.15) is 16.9 Å². The number of amides is 1. The van der Waals surface area contributed by atoms with Gasteiger partial charge in [-0.05, 0) is 50.6 Å². The van der Waals surface area contributed by atoms with Gasteiger partial charge in [-0.3, -0.25) is 4.79 Å². The van der Waals surface area contributed by atoms with E-state index >= 15 is 0 Å². The number of hydrogen-bond donors (Lipinski definition) is 1. The van der Waals surface area contributed by atoms with Crippen LogP contribution in [-0.2, 0) is 4.79 Å². The molecule has 1 amide bonds. The van der Waals surface area contributed by atoms with Gasteiger partial charge in [-0.25, -0.2) is 9.97 Å². The molecular formula is C22H22N4OS. The maximum atomic E-state index is 12.9. The molecule has 0 aliphatic rings. The number of aryl methyl sites for hydroxylation is 2. The molecule has 28 heavy (non-hydrogen) atoms. The molecule has 0 saturated carbocycles. The fraction of sp³-hybridized carbons (Fsp3) is 0.227. The zero-order chi connectivity index (χ0) is 19.7. The lowest BCUT2D eigenvalue weighted by atomic mass is 10.2. The van der Waals surface area contributed by atoms with Crippen molar-refractivity contribution in [2.75, 3.05) is 17.2 Å². The average Bonchev–Trinajstić information content (AvgIpc) is 3.05. The Bertz CT molecular complexity index is 1170. The Kier molecular flexibility index (Phi) is 5.05. The number of anilines is 1. The first-order valence-electron chi connectivity index (χ1n) is 9.29. The van der Waals surface area contributed by atoms with Gasteiger partial charge in [-0.1, -0.05) is 35.5 Å². The van der Waals surface area contributed by atoms with Crippen LogP contribution in [0.15, 0.2) is 53.8 Å². The Labute approximate surface area is 168 Å². The zero-order valence-corrected chi connectivity index (χ0v) is 17.0. The summed E-state index contributed by atoms with van der Waals surface area (Å²) >= 11 is 1.45. The molecule has 142 valence electrons. The lowest BCUT2D eigenvalue weighted by Gasteiger charge is -2.21. The molecule has 0 radical (unpaired) electrons. The Hall–Kier alpha value is -2.86. The largest absolute Gasteiger partial charge is 0.351 e. The van der Waals surface area contributed by atoms with Gasteiger partial charge in [0.2, 0.25) is 5.91 Å². The van der Waals surface area contributed by atoms with Gasteiger partial charge >= 0.3 is 0 Å². The molecule has 4 aromatic rings.